The second-order valence-electron chi connectivity index (χ2n) is 8.48. The summed E-state index contributed by atoms with van der Waals surface area (Å²) in [4.78, 5) is 7.14. The van der Waals surface area contributed by atoms with Crippen LogP contribution >= 0.6 is 24.0 Å². The number of nitrogens with one attached hydrogen (secondary N) is 1. The highest BCUT2D eigenvalue weighted by Crippen LogP contribution is 2.38. The highest BCUT2D eigenvalue weighted by Gasteiger charge is 2.42. The van der Waals surface area contributed by atoms with Crippen molar-refractivity contribution in [2.45, 2.75) is 43.5 Å². The first-order valence-electron chi connectivity index (χ1n) is 10.6. The van der Waals surface area contributed by atoms with Crippen LogP contribution in [0.1, 0.15) is 37.7 Å². The summed E-state index contributed by atoms with van der Waals surface area (Å²) >= 11 is 0. The molecule has 1 N–H and O–H groups in total. The molecule has 9 heteroatoms. The summed E-state index contributed by atoms with van der Waals surface area (Å²) in [7, 11) is -1.56. The third-order valence-corrected chi connectivity index (χ3v) is 8.37. The van der Waals surface area contributed by atoms with Gasteiger partial charge in [-0.15, -0.1) is 24.0 Å². The molecule has 1 aromatic rings. The number of benzene rings is 1. The van der Waals surface area contributed by atoms with E-state index < -0.39 is 10.0 Å². The van der Waals surface area contributed by atoms with E-state index in [4.69, 9.17) is 4.74 Å². The summed E-state index contributed by atoms with van der Waals surface area (Å²) in [6.45, 7) is 5.58. The molecule has 3 heterocycles. The highest BCUT2D eigenvalue weighted by molar-refractivity contribution is 14.0. The molecule has 168 valence electrons. The first-order valence-corrected chi connectivity index (χ1v) is 12.1. The molecule has 3 saturated heterocycles. The van der Waals surface area contributed by atoms with Crippen molar-refractivity contribution in [3.05, 3.63) is 29.8 Å². The lowest BCUT2D eigenvalue weighted by Crippen LogP contribution is -2.41. The molecule has 4 rings (SSSR count). The van der Waals surface area contributed by atoms with E-state index in [-0.39, 0.29) is 24.0 Å². The Kier molecular flexibility index (Phi) is 8.03. The van der Waals surface area contributed by atoms with Crippen LogP contribution in [0.15, 0.2) is 34.2 Å². The van der Waals surface area contributed by atoms with Crippen molar-refractivity contribution in [1.29, 1.82) is 0 Å². The Balaban J connectivity index is 0.00000256. The largest absolute Gasteiger partial charge is 0.381 e. The highest BCUT2D eigenvalue weighted by atomic mass is 127. The van der Waals surface area contributed by atoms with Crippen LogP contribution in [-0.2, 0) is 21.3 Å². The zero-order valence-electron chi connectivity index (χ0n) is 17.7. The van der Waals surface area contributed by atoms with Gasteiger partial charge in [0.05, 0.1) is 11.5 Å². The monoisotopic (exact) mass is 548 g/mol. The summed E-state index contributed by atoms with van der Waals surface area (Å²) in [5.74, 6) is 0.902. The predicted molar refractivity (Wildman–Crippen MR) is 129 cm³/mol. The molecule has 3 aliphatic rings. The van der Waals surface area contributed by atoms with E-state index in [1.54, 1.807) is 16.4 Å². The van der Waals surface area contributed by atoms with Crippen molar-refractivity contribution in [3.63, 3.8) is 0 Å². The number of nitrogens with zero attached hydrogens (tertiary/aromatic N) is 3. The zero-order chi connectivity index (χ0) is 20.3. The molecule has 0 saturated carbocycles. The van der Waals surface area contributed by atoms with Crippen LogP contribution in [0, 0.1) is 5.41 Å². The van der Waals surface area contributed by atoms with E-state index in [1.165, 1.54) is 0 Å². The van der Waals surface area contributed by atoms with Crippen LogP contribution in [0.5, 0.6) is 0 Å². The number of halogens is 1. The third kappa shape index (κ3) is 5.11. The van der Waals surface area contributed by atoms with E-state index in [1.807, 2.05) is 19.2 Å². The first-order chi connectivity index (χ1) is 14.0. The fourth-order valence-electron chi connectivity index (χ4n) is 4.63. The fraction of sp³-hybridized carbons (Fsp3) is 0.667. The molecule has 0 radical (unpaired) electrons. The summed E-state index contributed by atoms with van der Waals surface area (Å²) < 4.78 is 32.8. The number of aliphatic imine (C=N–C) groups is 1. The lowest BCUT2D eigenvalue weighted by Gasteiger charge is -2.26. The topological polar surface area (TPSA) is 74.2 Å². The molecule has 7 nitrogen and oxygen atoms in total. The van der Waals surface area contributed by atoms with Gasteiger partial charge in [-0.05, 0) is 43.4 Å². The van der Waals surface area contributed by atoms with Gasteiger partial charge < -0.3 is 15.0 Å². The molecule has 3 aliphatic heterocycles. The SMILES string of the molecule is CN=C(NCc1ccc(S(=O)(=O)N2CCCCC2)cc1)N1CCC2(CCOC2)C1.I. The minimum Gasteiger partial charge on any atom is -0.381 e. The van der Waals surface area contributed by atoms with Crippen molar-refractivity contribution >= 4 is 40.0 Å². The minimum atomic E-state index is -3.37. The number of likely N-dealkylation sites (tertiary alicyclic amines) is 1. The van der Waals surface area contributed by atoms with Gasteiger partial charge in [-0.3, -0.25) is 4.99 Å². The van der Waals surface area contributed by atoms with Gasteiger partial charge in [-0.1, -0.05) is 18.6 Å². The van der Waals surface area contributed by atoms with Crippen molar-refractivity contribution in [2.24, 2.45) is 10.4 Å². The lowest BCUT2D eigenvalue weighted by atomic mass is 9.87. The molecule has 0 amide bonds. The second kappa shape index (κ2) is 10.1. The Morgan fingerprint density at radius 1 is 1.13 bits per heavy atom. The molecule has 0 aliphatic carbocycles. The Labute approximate surface area is 197 Å². The van der Waals surface area contributed by atoms with Crippen LogP contribution in [0.2, 0.25) is 0 Å². The number of guanidine groups is 1. The van der Waals surface area contributed by atoms with Crippen molar-refractivity contribution in [3.8, 4) is 0 Å². The second-order valence-corrected chi connectivity index (χ2v) is 10.4. The Morgan fingerprint density at radius 2 is 1.87 bits per heavy atom. The average Bonchev–Trinajstić information content (AvgIpc) is 3.39. The van der Waals surface area contributed by atoms with E-state index in [0.717, 1.165) is 69.9 Å². The van der Waals surface area contributed by atoms with Gasteiger partial charge in [-0.2, -0.15) is 4.31 Å². The third-order valence-electron chi connectivity index (χ3n) is 6.46. The van der Waals surface area contributed by atoms with E-state index >= 15 is 0 Å². The minimum absolute atomic E-state index is 0. The van der Waals surface area contributed by atoms with Gasteiger partial charge in [0.25, 0.3) is 0 Å². The normalized spacial score (nSPS) is 25.5. The van der Waals surface area contributed by atoms with Crippen molar-refractivity contribution < 1.29 is 13.2 Å². The molecule has 1 aromatic carbocycles. The lowest BCUT2D eigenvalue weighted by molar-refractivity contribution is 0.156. The Hall–Kier alpha value is -0.910. The van der Waals surface area contributed by atoms with Crippen LogP contribution < -0.4 is 5.32 Å². The van der Waals surface area contributed by atoms with Crippen molar-refractivity contribution in [2.75, 3.05) is 46.4 Å². The molecular weight excluding hydrogens is 515 g/mol. The van der Waals surface area contributed by atoms with E-state index in [2.05, 4.69) is 15.2 Å². The fourth-order valence-corrected chi connectivity index (χ4v) is 6.15. The molecule has 1 unspecified atom stereocenters. The van der Waals surface area contributed by atoms with E-state index in [9.17, 15) is 8.42 Å². The maximum atomic E-state index is 12.8. The Morgan fingerprint density at radius 3 is 2.50 bits per heavy atom. The van der Waals surface area contributed by atoms with Gasteiger partial charge >= 0.3 is 0 Å². The van der Waals surface area contributed by atoms with Crippen LogP contribution in [0.25, 0.3) is 0 Å². The first kappa shape index (κ1) is 23.7. The van der Waals surface area contributed by atoms with E-state index in [0.29, 0.717) is 29.9 Å². The van der Waals surface area contributed by atoms with Gasteiger partial charge in [0.15, 0.2) is 5.96 Å². The summed E-state index contributed by atoms with van der Waals surface area (Å²) in [5, 5.41) is 3.43. The van der Waals surface area contributed by atoms with Crippen LogP contribution in [-0.4, -0.2) is 70.0 Å². The maximum absolute atomic E-state index is 12.8. The molecule has 1 spiro atoms. The van der Waals surface area contributed by atoms with Crippen LogP contribution in [0.3, 0.4) is 0 Å². The molecule has 0 bridgehead atoms. The standard InChI is InChI=1S/C21H32N4O3S.HI/c1-22-20(24-13-9-21(16-24)10-14-28-17-21)23-15-18-5-7-19(8-6-18)29(26,27)25-11-3-2-4-12-25;/h5-8H,2-4,9-17H2,1H3,(H,22,23);1H. The number of hydrogen-bond donors (Lipinski definition) is 1. The maximum Gasteiger partial charge on any atom is 0.243 e. The molecule has 30 heavy (non-hydrogen) atoms. The summed E-state index contributed by atoms with van der Waals surface area (Å²) in [6, 6.07) is 7.25. The van der Waals surface area contributed by atoms with Gasteiger partial charge in [0, 0.05) is 51.8 Å². The number of rotatable bonds is 4. The van der Waals surface area contributed by atoms with Gasteiger partial charge in [0.2, 0.25) is 10.0 Å². The molecular formula is C21H33IN4O3S. The Bertz CT molecular complexity index is 832. The smallest absolute Gasteiger partial charge is 0.243 e. The molecule has 3 fully saturated rings. The quantitative estimate of drug-likeness (QED) is 0.356. The number of piperidine rings is 1. The molecule has 0 aromatic heterocycles. The van der Waals surface area contributed by atoms with Crippen molar-refractivity contribution in [1.82, 2.24) is 14.5 Å². The predicted octanol–water partition coefficient (Wildman–Crippen LogP) is 2.67. The van der Waals surface area contributed by atoms with Gasteiger partial charge in [-0.25, -0.2) is 8.42 Å². The summed E-state index contributed by atoms with van der Waals surface area (Å²) in [5.41, 5.74) is 1.34. The number of hydrogen-bond acceptors (Lipinski definition) is 4. The van der Waals surface area contributed by atoms with Crippen LogP contribution in [0.4, 0.5) is 0 Å². The number of ether oxygens (including phenoxy) is 1. The van der Waals surface area contributed by atoms with Gasteiger partial charge in [0.1, 0.15) is 0 Å². The average molecular weight is 548 g/mol. The number of sulfonamides is 1. The summed E-state index contributed by atoms with van der Waals surface area (Å²) in [6.07, 6.45) is 5.29. The molecule has 1 atom stereocenters. The zero-order valence-corrected chi connectivity index (χ0v) is 20.8.